The molecule has 8 nitrogen and oxygen atoms in total. The molecular formula is C25H25F3N4O4S. The standard InChI is InChI=1S/C25H25F3N4O4S/c1-2-37(34,35)22-9-3-17(4-10-22)13-29-23(33)18-14-30-24(31-15-18)32-12-11-21(16-32)36-20-7-5-19(6-8-20)25(26,27)28/h3-10,14-15,21H,2,11-13,16H2,1H3,(H,29,33)/t21-/m1/s1. The highest BCUT2D eigenvalue weighted by Gasteiger charge is 2.30. The number of anilines is 1. The summed E-state index contributed by atoms with van der Waals surface area (Å²) >= 11 is 0. The van der Waals surface area contributed by atoms with Crippen LogP contribution in [0.15, 0.2) is 65.8 Å². The Hall–Kier alpha value is -3.67. The van der Waals surface area contributed by atoms with E-state index in [1.165, 1.54) is 36.7 Å². The van der Waals surface area contributed by atoms with Crippen molar-refractivity contribution in [3.05, 3.63) is 77.6 Å². The summed E-state index contributed by atoms with van der Waals surface area (Å²) in [5.74, 6) is 0.419. The van der Waals surface area contributed by atoms with E-state index in [4.69, 9.17) is 4.74 Å². The predicted molar refractivity (Wildman–Crippen MR) is 130 cm³/mol. The van der Waals surface area contributed by atoms with Gasteiger partial charge in [-0.1, -0.05) is 19.1 Å². The summed E-state index contributed by atoms with van der Waals surface area (Å²) < 4.78 is 67.8. The molecule has 1 amide bonds. The average molecular weight is 535 g/mol. The van der Waals surface area contributed by atoms with Crippen molar-refractivity contribution in [2.24, 2.45) is 0 Å². The number of carbonyl (C=O) groups excluding carboxylic acids is 1. The molecule has 1 aliphatic heterocycles. The quantitative estimate of drug-likeness (QED) is 0.468. The number of nitrogens with zero attached hydrogens (tertiary/aromatic N) is 3. The number of hydrogen-bond donors (Lipinski definition) is 1. The Morgan fingerprint density at radius 2 is 1.73 bits per heavy atom. The summed E-state index contributed by atoms with van der Waals surface area (Å²) in [6, 6.07) is 10.9. The van der Waals surface area contributed by atoms with Gasteiger partial charge >= 0.3 is 6.18 Å². The summed E-state index contributed by atoms with van der Waals surface area (Å²) in [7, 11) is -3.28. The first-order chi connectivity index (χ1) is 17.5. The molecule has 2 heterocycles. The van der Waals surface area contributed by atoms with Gasteiger partial charge in [0, 0.05) is 31.9 Å². The maximum Gasteiger partial charge on any atom is 0.416 e. The van der Waals surface area contributed by atoms with Crippen LogP contribution >= 0.6 is 0 Å². The SMILES string of the molecule is CCS(=O)(=O)c1ccc(CNC(=O)c2cnc(N3CC[C@@H](Oc4ccc(C(F)(F)F)cc4)C3)nc2)cc1. The Labute approximate surface area is 212 Å². The van der Waals surface area contributed by atoms with Crippen molar-refractivity contribution in [3.63, 3.8) is 0 Å². The second kappa shape index (κ2) is 10.8. The lowest BCUT2D eigenvalue weighted by Gasteiger charge is -2.17. The second-order valence-corrected chi connectivity index (χ2v) is 10.8. The van der Waals surface area contributed by atoms with Crippen LogP contribution < -0.4 is 15.0 Å². The van der Waals surface area contributed by atoms with Gasteiger partial charge < -0.3 is 15.0 Å². The number of nitrogens with one attached hydrogen (secondary N) is 1. The predicted octanol–water partition coefficient (Wildman–Crippen LogP) is 3.88. The Bertz CT molecular complexity index is 1330. The Morgan fingerprint density at radius 3 is 2.32 bits per heavy atom. The maximum atomic E-state index is 12.7. The van der Waals surface area contributed by atoms with Gasteiger partial charge in [-0.05, 0) is 42.0 Å². The van der Waals surface area contributed by atoms with Gasteiger partial charge in [0.05, 0.1) is 28.3 Å². The summed E-state index contributed by atoms with van der Waals surface area (Å²) in [5, 5.41) is 2.75. The third kappa shape index (κ3) is 6.56. The van der Waals surface area contributed by atoms with Crippen molar-refractivity contribution in [3.8, 4) is 5.75 Å². The van der Waals surface area contributed by atoms with Crippen molar-refractivity contribution >= 4 is 21.7 Å². The molecule has 12 heteroatoms. The van der Waals surface area contributed by atoms with Crippen LogP contribution in [-0.4, -0.2) is 49.2 Å². The molecule has 1 aliphatic rings. The number of ether oxygens (including phenoxy) is 1. The highest BCUT2D eigenvalue weighted by molar-refractivity contribution is 7.91. The van der Waals surface area contributed by atoms with Gasteiger partial charge in [-0.3, -0.25) is 4.79 Å². The monoisotopic (exact) mass is 534 g/mol. The summed E-state index contributed by atoms with van der Waals surface area (Å²) in [5.41, 5.74) is 0.286. The van der Waals surface area contributed by atoms with Crippen LogP contribution in [-0.2, 0) is 22.6 Å². The van der Waals surface area contributed by atoms with Gasteiger partial charge in [-0.2, -0.15) is 13.2 Å². The van der Waals surface area contributed by atoms with Gasteiger partial charge in [-0.25, -0.2) is 18.4 Å². The smallest absolute Gasteiger partial charge is 0.416 e. The Kier molecular flexibility index (Phi) is 7.67. The molecule has 0 unspecified atom stereocenters. The Morgan fingerprint density at radius 1 is 1.08 bits per heavy atom. The molecule has 1 aromatic heterocycles. The van der Waals surface area contributed by atoms with E-state index in [1.54, 1.807) is 19.1 Å². The minimum absolute atomic E-state index is 0.0172. The van der Waals surface area contributed by atoms with Crippen LogP contribution in [0.4, 0.5) is 19.1 Å². The lowest BCUT2D eigenvalue weighted by atomic mass is 10.2. The molecule has 0 radical (unpaired) electrons. The minimum atomic E-state index is -4.39. The number of alkyl halides is 3. The Balaban J connectivity index is 1.28. The second-order valence-electron chi connectivity index (χ2n) is 8.50. The zero-order valence-electron chi connectivity index (χ0n) is 19.9. The number of carbonyl (C=O) groups is 1. The van der Waals surface area contributed by atoms with Crippen LogP contribution in [0, 0.1) is 0 Å². The fraction of sp³-hybridized carbons (Fsp3) is 0.320. The van der Waals surface area contributed by atoms with E-state index in [-0.39, 0.29) is 34.8 Å². The van der Waals surface area contributed by atoms with E-state index in [0.717, 1.165) is 17.7 Å². The zero-order valence-corrected chi connectivity index (χ0v) is 20.7. The first-order valence-electron chi connectivity index (χ1n) is 11.6. The van der Waals surface area contributed by atoms with Gasteiger partial charge in [-0.15, -0.1) is 0 Å². The number of hydrogen-bond acceptors (Lipinski definition) is 7. The van der Waals surface area contributed by atoms with E-state index >= 15 is 0 Å². The third-order valence-electron chi connectivity index (χ3n) is 5.93. The molecule has 1 atom stereocenters. The molecular weight excluding hydrogens is 509 g/mol. The van der Waals surface area contributed by atoms with E-state index in [9.17, 15) is 26.4 Å². The largest absolute Gasteiger partial charge is 0.489 e. The molecule has 1 fully saturated rings. The van der Waals surface area contributed by atoms with Gasteiger partial charge in [0.25, 0.3) is 5.91 Å². The molecule has 3 aromatic rings. The van der Waals surface area contributed by atoms with Crippen molar-refractivity contribution in [2.45, 2.75) is 37.1 Å². The van der Waals surface area contributed by atoms with Gasteiger partial charge in [0.2, 0.25) is 5.95 Å². The third-order valence-corrected chi connectivity index (χ3v) is 7.68. The van der Waals surface area contributed by atoms with Crippen molar-refractivity contribution in [2.75, 3.05) is 23.7 Å². The normalized spacial score (nSPS) is 16.0. The van der Waals surface area contributed by atoms with Crippen molar-refractivity contribution in [1.82, 2.24) is 15.3 Å². The fourth-order valence-corrected chi connectivity index (χ4v) is 4.67. The van der Waals surface area contributed by atoms with Crippen LogP contribution in [0.5, 0.6) is 5.75 Å². The van der Waals surface area contributed by atoms with E-state index in [2.05, 4.69) is 15.3 Å². The lowest BCUT2D eigenvalue weighted by Crippen LogP contribution is -2.27. The highest BCUT2D eigenvalue weighted by atomic mass is 32.2. The molecule has 4 rings (SSSR count). The summed E-state index contributed by atoms with van der Waals surface area (Å²) in [6.07, 6.45) is -1.15. The zero-order chi connectivity index (χ0) is 26.6. The van der Waals surface area contributed by atoms with E-state index in [1.807, 2.05) is 4.90 Å². The van der Waals surface area contributed by atoms with Gasteiger partial charge in [0.1, 0.15) is 11.9 Å². The van der Waals surface area contributed by atoms with E-state index < -0.39 is 21.6 Å². The lowest BCUT2D eigenvalue weighted by molar-refractivity contribution is -0.137. The minimum Gasteiger partial charge on any atom is -0.489 e. The fourth-order valence-electron chi connectivity index (χ4n) is 3.79. The number of halogens is 3. The summed E-state index contributed by atoms with van der Waals surface area (Å²) in [6.45, 7) is 2.84. The number of sulfone groups is 1. The van der Waals surface area contributed by atoms with Gasteiger partial charge in [0.15, 0.2) is 9.84 Å². The first kappa shape index (κ1) is 26.4. The molecule has 1 saturated heterocycles. The summed E-state index contributed by atoms with van der Waals surface area (Å²) in [4.78, 5) is 23.1. The number of amides is 1. The maximum absolute atomic E-state index is 12.7. The number of rotatable bonds is 8. The highest BCUT2D eigenvalue weighted by Crippen LogP contribution is 2.31. The van der Waals surface area contributed by atoms with Crippen molar-refractivity contribution in [1.29, 1.82) is 0 Å². The van der Waals surface area contributed by atoms with Crippen molar-refractivity contribution < 1.29 is 31.1 Å². The molecule has 0 aliphatic carbocycles. The molecule has 196 valence electrons. The van der Waals surface area contributed by atoms with Crippen LogP contribution in [0.3, 0.4) is 0 Å². The average Bonchev–Trinajstić information content (AvgIpc) is 3.36. The van der Waals surface area contributed by atoms with Crippen LogP contribution in [0.1, 0.15) is 34.8 Å². The molecule has 0 bridgehead atoms. The van der Waals surface area contributed by atoms with E-state index in [0.29, 0.717) is 31.2 Å². The number of aromatic nitrogens is 2. The number of benzene rings is 2. The molecule has 1 N–H and O–H groups in total. The van der Waals surface area contributed by atoms with Crippen LogP contribution in [0.2, 0.25) is 0 Å². The first-order valence-corrected chi connectivity index (χ1v) is 13.2. The topological polar surface area (TPSA) is 101 Å². The molecule has 2 aromatic carbocycles. The molecule has 0 saturated carbocycles. The molecule has 0 spiro atoms. The van der Waals surface area contributed by atoms with Crippen LogP contribution in [0.25, 0.3) is 0 Å². The molecule has 37 heavy (non-hydrogen) atoms.